The van der Waals surface area contributed by atoms with E-state index in [1.54, 1.807) is 18.4 Å². The third-order valence-electron chi connectivity index (χ3n) is 2.51. The van der Waals surface area contributed by atoms with Crippen LogP contribution < -0.4 is 10.5 Å². The van der Waals surface area contributed by atoms with Crippen LogP contribution in [0.3, 0.4) is 0 Å². The maximum atomic E-state index is 6.20. The highest BCUT2D eigenvalue weighted by atomic mass is 79.9. The SMILES string of the molecule is COc1ccc(Br)c(C(N)Cc2cncs2)c1. The Morgan fingerprint density at radius 2 is 2.35 bits per heavy atom. The molecule has 0 aliphatic carbocycles. The van der Waals surface area contributed by atoms with Crippen molar-refractivity contribution in [3.05, 3.63) is 44.8 Å². The van der Waals surface area contributed by atoms with Crippen molar-refractivity contribution in [2.75, 3.05) is 7.11 Å². The average Bonchev–Trinajstić information content (AvgIpc) is 2.82. The van der Waals surface area contributed by atoms with E-state index in [1.807, 2.05) is 29.9 Å². The molecule has 0 bridgehead atoms. The van der Waals surface area contributed by atoms with Crippen molar-refractivity contribution in [1.82, 2.24) is 4.98 Å². The van der Waals surface area contributed by atoms with Crippen LogP contribution in [0.15, 0.2) is 34.4 Å². The van der Waals surface area contributed by atoms with Crippen LogP contribution in [0.1, 0.15) is 16.5 Å². The molecule has 5 heteroatoms. The Bertz CT molecular complexity index is 487. The zero-order valence-corrected chi connectivity index (χ0v) is 11.8. The summed E-state index contributed by atoms with van der Waals surface area (Å²) in [6.45, 7) is 0. The third-order valence-corrected chi connectivity index (χ3v) is 4.03. The number of methoxy groups -OCH3 is 1. The topological polar surface area (TPSA) is 48.1 Å². The molecule has 0 fully saturated rings. The zero-order valence-electron chi connectivity index (χ0n) is 9.39. The Morgan fingerprint density at radius 3 is 3.00 bits per heavy atom. The van der Waals surface area contributed by atoms with Crippen LogP contribution in [0.25, 0.3) is 0 Å². The van der Waals surface area contributed by atoms with Gasteiger partial charge in [0.25, 0.3) is 0 Å². The first-order valence-corrected chi connectivity index (χ1v) is 6.84. The fourth-order valence-electron chi connectivity index (χ4n) is 1.60. The van der Waals surface area contributed by atoms with Crippen molar-refractivity contribution in [3.8, 4) is 5.75 Å². The van der Waals surface area contributed by atoms with Crippen LogP contribution in [-0.4, -0.2) is 12.1 Å². The van der Waals surface area contributed by atoms with Gasteiger partial charge in [-0.3, -0.25) is 4.98 Å². The second-order valence-electron chi connectivity index (χ2n) is 3.67. The molecule has 2 N–H and O–H groups in total. The Balaban J connectivity index is 2.20. The molecule has 1 atom stereocenters. The molecule has 0 saturated heterocycles. The van der Waals surface area contributed by atoms with Crippen molar-refractivity contribution >= 4 is 27.3 Å². The van der Waals surface area contributed by atoms with Crippen molar-refractivity contribution in [3.63, 3.8) is 0 Å². The maximum absolute atomic E-state index is 6.20. The van der Waals surface area contributed by atoms with Crippen LogP contribution in [0.4, 0.5) is 0 Å². The van der Waals surface area contributed by atoms with E-state index in [-0.39, 0.29) is 6.04 Å². The summed E-state index contributed by atoms with van der Waals surface area (Å²) in [5.74, 6) is 0.822. The lowest BCUT2D eigenvalue weighted by molar-refractivity contribution is 0.413. The minimum absolute atomic E-state index is 0.0556. The summed E-state index contributed by atoms with van der Waals surface area (Å²) < 4.78 is 6.22. The molecule has 0 radical (unpaired) electrons. The molecule has 0 aliphatic heterocycles. The minimum atomic E-state index is -0.0556. The van der Waals surface area contributed by atoms with Crippen LogP contribution in [0.5, 0.6) is 5.75 Å². The summed E-state index contributed by atoms with van der Waals surface area (Å²) in [7, 11) is 1.65. The van der Waals surface area contributed by atoms with Gasteiger partial charge in [0.1, 0.15) is 5.75 Å². The first-order chi connectivity index (χ1) is 8.20. The van der Waals surface area contributed by atoms with Gasteiger partial charge in [0.15, 0.2) is 0 Å². The highest BCUT2D eigenvalue weighted by molar-refractivity contribution is 9.10. The molecule has 0 saturated carbocycles. The highest BCUT2D eigenvalue weighted by Gasteiger charge is 2.12. The molecule has 2 aromatic rings. The number of aromatic nitrogens is 1. The minimum Gasteiger partial charge on any atom is -0.497 e. The fourth-order valence-corrected chi connectivity index (χ4v) is 2.80. The van der Waals surface area contributed by atoms with E-state index in [0.29, 0.717) is 0 Å². The molecule has 1 aromatic carbocycles. The highest BCUT2D eigenvalue weighted by Crippen LogP contribution is 2.28. The normalized spacial score (nSPS) is 12.4. The maximum Gasteiger partial charge on any atom is 0.119 e. The Morgan fingerprint density at radius 1 is 1.53 bits per heavy atom. The number of hydrogen-bond acceptors (Lipinski definition) is 4. The van der Waals surface area contributed by atoms with Crippen LogP contribution in [-0.2, 0) is 6.42 Å². The lowest BCUT2D eigenvalue weighted by Gasteiger charge is -2.14. The number of nitrogens with two attached hydrogens (primary N) is 1. The van der Waals surface area contributed by atoms with Gasteiger partial charge in [-0.05, 0) is 23.8 Å². The molecular formula is C12H13BrN2OS. The fraction of sp³-hybridized carbons (Fsp3) is 0.250. The molecule has 0 spiro atoms. The zero-order chi connectivity index (χ0) is 12.3. The summed E-state index contributed by atoms with van der Waals surface area (Å²) in [5.41, 5.74) is 9.08. The van der Waals surface area contributed by atoms with E-state index in [0.717, 1.165) is 22.2 Å². The molecular weight excluding hydrogens is 300 g/mol. The summed E-state index contributed by atoms with van der Waals surface area (Å²) in [5, 5.41) is 0. The molecule has 0 aliphatic rings. The van der Waals surface area contributed by atoms with Crippen molar-refractivity contribution < 1.29 is 4.74 Å². The molecule has 3 nitrogen and oxygen atoms in total. The van der Waals surface area contributed by atoms with E-state index in [9.17, 15) is 0 Å². The lowest BCUT2D eigenvalue weighted by Crippen LogP contribution is -2.13. The Kier molecular flexibility index (Phi) is 4.15. The first-order valence-electron chi connectivity index (χ1n) is 5.17. The van der Waals surface area contributed by atoms with Crippen LogP contribution in [0, 0.1) is 0 Å². The monoisotopic (exact) mass is 312 g/mol. The second kappa shape index (κ2) is 5.62. The molecule has 2 rings (SSSR count). The molecule has 90 valence electrons. The van der Waals surface area contributed by atoms with Crippen molar-refractivity contribution in [2.24, 2.45) is 5.73 Å². The predicted molar refractivity (Wildman–Crippen MR) is 73.4 cm³/mol. The number of hydrogen-bond donors (Lipinski definition) is 1. The second-order valence-corrected chi connectivity index (χ2v) is 5.49. The first kappa shape index (κ1) is 12.5. The number of rotatable bonds is 4. The van der Waals surface area contributed by atoms with Gasteiger partial charge in [-0.2, -0.15) is 0 Å². The van der Waals surface area contributed by atoms with Gasteiger partial charge < -0.3 is 10.5 Å². The number of thiazole rings is 1. The van der Waals surface area contributed by atoms with E-state index < -0.39 is 0 Å². The standard InChI is InChI=1S/C12H13BrN2OS/c1-16-8-2-3-11(13)10(4-8)12(14)5-9-6-15-7-17-9/h2-4,6-7,12H,5,14H2,1H3. The van der Waals surface area contributed by atoms with Gasteiger partial charge in [0.05, 0.1) is 12.6 Å². The van der Waals surface area contributed by atoms with Gasteiger partial charge in [0.2, 0.25) is 0 Å². The Hall–Kier alpha value is -0.910. The molecule has 1 unspecified atom stereocenters. The van der Waals surface area contributed by atoms with E-state index in [2.05, 4.69) is 20.9 Å². The van der Waals surface area contributed by atoms with Crippen LogP contribution in [0.2, 0.25) is 0 Å². The van der Waals surface area contributed by atoms with Gasteiger partial charge in [-0.15, -0.1) is 11.3 Å². The smallest absolute Gasteiger partial charge is 0.119 e. The quantitative estimate of drug-likeness (QED) is 0.943. The summed E-state index contributed by atoms with van der Waals surface area (Å²) >= 11 is 5.14. The number of nitrogens with zero attached hydrogens (tertiary/aromatic N) is 1. The van der Waals surface area contributed by atoms with E-state index in [1.165, 1.54) is 4.88 Å². The van der Waals surface area contributed by atoms with Crippen molar-refractivity contribution in [2.45, 2.75) is 12.5 Å². The summed E-state index contributed by atoms with van der Waals surface area (Å²) in [6.07, 6.45) is 2.65. The molecule has 17 heavy (non-hydrogen) atoms. The van der Waals surface area contributed by atoms with Gasteiger partial charge in [-0.1, -0.05) is 15.9 Å². The van der Waals surface area contributed by atoms with Crippen molar-refractivity contribution in [1.29, 1.82) is 0 Å². The number of ether oxygens (including phenoxy) is 1. The molecule has 0 amide bonds. The summed E-state index contributed by atoms with van der Waals surface area (Å²) in [6, 6.07) is 5.78. The molecule has 1 heterocycles. The Labute approximate surface area is 113 Å². The largest absolute Gasteiger partial charge is 0.497 e. The molecule has 1 aromatic heterocycles. The lowest BCUT2D eigenvalue weighted by atomic mass is 10.0. The van der Waals surface area contributed by atoms with Gasteiger partial charge in [0, 0.05) is 28.0 Å². The number of benzene rings is 1. The van der Waals surface area contributed by atoms with Crippen LogP contribution >= 0.6 is 27.3 Å². The summed E-state index contributed by atoms with van der Waals surface area (Å²) in [4.78, 5) is 5.24. The average molecular weight is 313 g/mol. The van der Waals surface area contributed by atoms with Gasteiger partial charge in [-0.25, -0.2) is 0 Å². The predicted octanol–water partition coefficient (Wildman–Crippen LogP) is 3.16. The van der Waals surface area contributed by atoms with E-state index in [4.69, 9.17) is 10.5 Å². The van der Waals surface area contributed by atoms with Gasteiger partial charge >= 0.3 is 0 Å². The van der Waals surface area contributed by atoms with E-state index >= 15 is 0 Å². The number of halogens is 1. The third kappa shape index (κ3) is 3.06.